The van der Waals surface area contributed by atoms with E-state index in [1.54, 1.807) is 0 Å². The molecular formula is C67H44N2O2. The van der Waals surface area contributed by atoms with Crippen molar-refractivity contribution in [3.63, 3.8) is 0 Å². The summed E-state index contributed by atoms with van der Waals surface area (Å²) >= 11 is 0. The minimum atomic E-state index is -0.103. The van der Waals surface area contributed by atoms with Crippen molar-refractivity contribution in [2.75, 3.05) is 4.90 Å². The van der Waals surface area contributed by atoms with Crippen molar-refractivity contribution in [3.8, 4) is 16.8 Å². The molecule has 0 saturated carbocycles. The third-order valence-electron chi connectivity index (χ3n) is 16.4. The van der Waals surface area contributed by atoms with Gasteiger partial charge in [0.05, 0.1) is 22.8 Å². The van der Waals surface area contributed by atoms with E-state index in [-0.39, 0.29) is 23.3 Å². The zero-order valence-corrected chi connectivity index (χ0v) is 38.9. The third kappa shape index (κ3) is 5.29. The summed E-state index contributed by atoms with van der Waals surface area (Å²) in [6.45, 7) is 2.38. The lowest BCUT2D eigenvalue weighted by Crippen LogP contribution is -2.42. The van der Waals surface area contributed by atoms with Crippen LogP contribution >= 0.6 is 0 Å². The van der Waals surface area contributed by atoms with Gasteiger partial charge in [-0.05, 0) is 99.4 Å². The monoisotopic (exact) mass is 908 g/mol. The molecule has 0 bridgehead atoms. The average Bonchev–Trinajstić information content (AvgIpc) is 4.17. The number of allylic oxidation sites excluding steroid dienone is 9. The lowest BCUT2D eigenvalue weighted by atomic mass is 9.74. The van der Waals surface area contributed by atoms with Crippen LogP contribution in [-0.2, 0) is 5.41 Å². The summed E-state index contributed by atoms with van der Waals surface area (Å²) in [6, 6.07) is 62.3. The summed E-state index contributed by atoms with van der Waals surface area (Å²) in [4.78, 5) is 2.58. The van der Waals surface area contributed by atoms with Crippen molar-refractivity contribution in [3.05, 3.63) is 253 Å². The van der Waals surface area contributed by atoms with E-state index < -0.39 is 0 Å². The van der Waals surface area contributed by atoms with Crippen LogP contribution in [0.15, 0.2) is 251 Å². The lowest BCUT2D eigenvalue weighted by molar-refractivity contribution is 0.539. The predicted octanol–water partition coefficient (Wildman–Crippen LogP) is 17.5. The second-order valence-corrected chi connectivity index (χ2v) is 20.0. The van der Waals surface area contributed by atoms with Gasteiger partial charge >= 0.3 is 0 Å². The van der Waals surface area contributed by atoms with E-state index in [9.17, 15) is 0 Å². The number of fused-ring (bicyclic) bond motifs is 18. The Labute approximate surface area is 409 Å². The average molecular weight is 909 g/mol. The standard InChI is InChI=1S/C67H44N2O2/c1-67-37-15-14-28-62(67)69(59-27-13-10-24-54(59)67)58-36-34-43(45-17-3-5-19-47(45)58)41-30-32-53-61(39-41)71-66-64(53)51-23-7-6-22-50(51)63-52-31-29-40(38-60(52)70-65(63)66)42-33-35-57(46-18-4-2-16-44(42)46)68-55-25-11-8-20-48(55)49-21-9-12-26-56(49)68/h2-39,43,45,62H,1H3. The number of hydrogen-bond donors (Lipinski definition) is 0. The number of furan rings is 2. The topological polar surface area (TPSA) is 34.5 Å². The van der Waals surface area contributed by atoms with Crippen molar-refractivity contribution < 1.29 is 8.83 Å². The van der Waals surface area contributed by atoms with Crippen LogP contribution in [0.25, 0.3) is 104 Å². The quantitative estimate of drug-likeness (QED) is 0.176. The van der Waals surface area contributed by atoms with Gasteiger partial charge in [-0.25, -0.2) is 0 Å². The highest BCUT2D eigenvalue weighted by Gasteiger charge is 2.47. The van der Waals surface area contributed by atoms with Gasteiger partial charge < -0.3 is 18.3 Å². The smallest absolute Gasteiger partial charge is 0.179 e. The van der Waals surface area contributed by atoms with E-state index >= 15 is 0 Å². The van der Waals surface area contributed by atoms with Crippen LogP contribution in [0.5, 0.6) is 0 Å². The zero-order chi connectivity index (χ0) is 46.5. The number of aromatic nitrogens is 1. The fraction of sp³-hybridized carbons (Fsp3) is 0.0746. The Balaban J connectivity index is 0.819. The normalized spacial score (nSPS) is 20.3. The number of para-hydroxylation sites is 3. The molecule has 9 aromatic carbocycles. The Morgan fingerprint density at radius 2 is 1.10 bits per heavy atom. The summed E-state index contributed by atoms with van der Waals surface area (Å²) in [6.07, 6.45) is 23.1. The first-order valence-corrected chi connectivity index (χ1v) is 24.9. The van der Waals surface area contributed by atoms with Gasteiger partial charge in [-0.3, -0.25) is 0 Å². The van der Waals surface area contributed by atoms with Gasteiger partial charge in [-0.1, -0.05) is 182 Å². The fourth-order valence-electron chi connectivity index (χ4n) is 13.2. The molecule has 4 atom stereocenters. The number of benzene rings is 9. The Morgan fingerprint density at radius 1 is 0.465 bits per heavy atom. The van der Waals surface area contributed by atoms with Gasteiger partial charge in [0, 0.05) is 66.3 Å². The fourth-order valence-corrected chi connectivity index (χ4v) is 13.2. The molecule has 4 unspecified atom stereocenters. The van der Waals surface area contributed by atoms with E-state index in [1.165, 1.54) is 60.7 Å². The van der Waals surface area contributed by atoms with Crippen molar-refractivity contribution in [1.82, 2.24) is 4.57 Å². The van der Waals surface area contributed by atoms with E-state index in [0.29, 0.717) is 0 Å². The molecule has 0 fully saturated rings. The van der Waals surface area contributed by atoms with Gasteiger partial charge in [0.2, 0.25) is 0 Å². The Morgan fingerprint density at radius 3 is 1.86 bits per heavy atom. The molecule has 3 aromatic heterocycles. The Kier molecular flexibility index (Phi) is 7.89. The second-order valence-electron chi connectivity index (χ2n) is 20.0. The predicted molar refractivity (Wildman–Crippen MR) is 295 cm³/mol. The van der Waals surface area contributed by atoms with Crippen molar-refractivity contribution in [2.45, 2.75) is 24.3 Å². The maximum absolute atomic E-state index is 7.08. The molecule has 4 heterocycles. The van der Waals surface area contributed by atoms with Gasteiger partial charge in [0.25, 0.3) is 0 Å². The van der Waals surface area contributed by atoms with Crippen LogP contribution in [-0.4, -0.2) is 10.6 Å². The molecule has 4 aliphatic rings. The minimum absolute atomic E-state index is 0.103. The summed E-state index contributed by atoms with van der Waals surface area (Å²) in [5.74, 6) is 0.301. The largest absolute Gasteiger partial charge is 0.452 e. The summed E-state index contributed by atoms with van der Waals surface area (Å²) in [7, 11) is 0. The van der Waals surface area contributed by atoms with E-state index in [0.717, 1.165) is 71.5 Å². The first kappa shape index (κ1) is 39.0. The molecule has 0 amide bonds. The first-order valence-electron chi connectivity index (χ1n) is 24.9. The molecule has 16 rings (SSSR count). The van der Waals surface area contributed by atoms with E-state index in [1.807, 2.05) is 0 Å². The molecule has 4 nitrogen and oxygen atoms in total. The molecule has 0 spiro atoms. The van der Waals surface area contributed by atoms with Crippen molar-refractivity contribution in [1.29, 1.82) is 0 Å². The molecule has 4 heteroatoms. The van der Waals surface area contributed by atoms with Crippen LogP contribution in [0.1, 0.15) is 24.0 Å². The van der Waals surface area contributed by atoms with Gasteiger partial charge in [0.15, 0.2) is 11.2 Å². The molecule has 0 N–H and O–H groups in total. The molecule has 1 aliphatic heterocycles. The Hall–Kier alpha value is -8.86. The molecule has 71 heavy (non-hydrogen) atoms. The third-order valence-corrected chi connectivity index (χ3v) is 16.4. The van der Waals surface area contributed by atoms with Crippen LogP contribution < -0.4 is 4.90 Å². The highest BCUT2D eigenvalue weighted by molar-refractivity contribution is 6.33. The highest BCUT2D eigenvalue weighted by Crippen LogP contribution is 2.53. The lowest BCUT2D eigenvalue weighted by Gasteiger charge is -2.39. The van der Waals surface area contributed by atoms with E-state index in [2.05, 4.69) is 247 Å². The Bertz CT molecular complexity index is 4470. The molecule has 0 radical (unpaired) electrons. The van der Waals surface area contributed by atoms with Crippen molar-refractivity contribution in [2.24, 2.45) is 5.92 Å². The minimum Gasteiger partial charge on any atom is -0.452 e. The summed E-state index contributed by atoms with van der Waals surface area (Å²) in [5.41, 5.74) is 15.5. The zero-order valence-electron chi connectivity index (χ0n) is 38.9. The van der Waals surface area contributed by atoms with Crippen molar-refractivity contribution >= 4 is 92.9 Å². The molecule has 334 valence electrons. The van der Waals surface area contributed by atoms with Crippen LogP contribution in [0.2, 0.25) is 0 Å². The molecule has 0 saturated heterocycles. The van der Waals surface area contributed by atoms with Gasteiger partial charge in [0.1, 0.15) is 11.2 Å². The maximum atomic E-state index is 7.08. The van der Waals surface area contributed by atoms with Gasteiger partial charge in [-0.15, -0.1) is 0 Å². The number of hydrogen-bond acceptors (Lipinski definition) is 3. The number of anilines is 1. The van der Waals surface area contributed by atoms with E-state index in [4.69, 9.17) is 8.83 Å². The molecule has 12 aromatic rings. The van der Waals surface area contributed by atoms with Gasteiger partial charge in [-0.2, -0.15) is 0 Å². The highest BCUT2D eigenvalue weighted by atomic mass is 16.4. The summed E-state index contributed by atoms with van der Waals surface area (Å²) < 4.78 is 16.6. The molecule has 3 aliphatic carbocycles. The number of rotatable bonds is 4. The van der Waals surface area contributed by atoms with Crippen LogP contribution in [0.3, 0.4) is 0 Å². The molecular weight excluding hydrogens is 865 g/mol. The summed E-state index contributed by atoms with van der Waals surface area (Å²) in [5, 5.41) is 11.6. The first-order chi connectivity index (χ1) is 35.1. The van der Waals surface area contributed by atoms with Crippen LogP contribution in [0, 0.1) is 5.92 Å². The maximum Gasteiger partial charge on any atom is 0.179 e. The second kappa shape index (κ2) is 14.3. The number of nitrogens with zero attached hydrogens (tertiary/aromatic N) is 2. The van der Waals surface area contributed by atoms with Crippen LogP contribution in [0.4, 0.5) is 5.69 Å². The SMILES string of the molecule is CC12C=CC=CC1N(C1=C3C=CC=CC3C(c3ccc4c(c3)oc3c5oc6cc(-c7ccc(-n8c9ccccc9c9ccccc98)c8ccccc78)ccc6c5c5ccccc5c43)C=C1)c1ccccc12.